The van der Waals surface area contributed by atoms with Crippen LogP contribution in [-0.4, -0.2) is 29.9 Å². The number of rotatable bonds is 4. The predicted molar refractivity (Wildman–Crippen MR) is 94.1 cm³/mol. The van der Waals surface area contributed by atoms with Crippen molar-refractivity contribution in [2.75, 3.05) is 13.1 Å². The van der Waals surface area contributed by atoms with Gasteiger partial charge in [0.2, 0.25) is 5.91 Å². The maximum absolute atomic E-state index is 12.6. The quantitative estimate of drug-likeness (QED) is 0.859. The summed E-state index contributed by atoms with van der Waals surface area (Å²) in [7, 11) is 0. The smallest absolute Gasteiger partial charge is 0.224 e. The van der Waals surface area contributed by atoms with Crippen LogP contribution < -0.4 is 5.32 Å². The minimum absolute atomic E-state index is 0.177. The molecule has 1 atom stereocenters. The Bertz CT molecular complexity index is 480. The highest BCUT2D eigenvalue weighted by atomic mass is 16.2. The van der Waals surface area contributed by atoms with Crippen LogP contribution in [0, 0.1) is 5.92 Å². The van der Waals surface area contributed by atoms with E-state index in [-0.39, 0.29) is 5.92 Å². The molecule has 126 valence electrons. The van der Waals surface area contributed by atoms with Crippen LogP contribution in [0.3, 0.4) is 0 Å². The van der Waals surface area contributed by atoms with Gasteiger partial charge in [0.15, 0.2) is 0 Å². The molecule has 1 N–H and O–H groups in total. The highest BCUT2D eigenvalue weighted by Crippen LogP contribution is 2.21. The molecule has 0 spiro atoms. The lowest BCUT2D eigenvalue weighted by Crippen LogP contribution is -2.45. The zero-order valence-corrected chi connectivity index (χ0v) is 14.2. The molecule has 0 bridgehead atoms. The molecule has 2 fully saturated rings. The molecule has 0 radical (unpaired) electrons. The molecule has 1 aromatic carbocycles. The fraction of sp³-hybridized carbons (Fsp3) is 0.650. The molecule has 3 nitrogen and oxygen atoms in total. The van der Waals surface area contributed by atoms with E-state index >= 15 is 0 Å². The summed E-state index contributed by atoms with van der Waals surface area (Å²) < 4.78 is 0. The van der Waals surface area contributed by atoms with Crippen LogP contribution in [0.15, 0.2) is 30.3 Å². The van der Waals surface area contributed by atoms with Gasteiger partial charge in [-0.15, -0.1) is 0 Å². The third kappa shape index (κ3) is 5.07. The number of carbonyl (C=O) groups is 1. The number of benzene rings is 1. The van der Waals surface area contributed by atoms with Gasteiger partial charge in [0.05, 0.1) is 5.92 Å². The summed E-state index contributed by atoms with van der Waals surface area (Å²) in [5.41, 5.74) is 1.34. The molecule has 1 aliphatic carbocycles. The average molecular weight is 314 g/mol. The number of carbonyl (C=O) groups excluding carboxylic acids is 1. The first-order valence-corrected chi connectivity index (χ1v) is 9.38. The van der Waals surface area contributed by atoms with E-state index in [1.807, 2.05) is 0 Å². The molecule has 1 unspecified atom stereocenters. The SMILES string of the molecule is O=C(NC1CCCCCC1)C1CCCN(Cc2ccccc2)C1. The van der Waals surface area contributed by atoms with Crippen LogP contribution in [0.25, 0.3) is 0 Å². The minimum Gasteiger partial charge on any atom is -0.353 e. The highest BCUT2D eigenvalue weighted by Gasteiger charge is 2.27. The van der Waals surface area contributed by atoms with Gasteiger partial charge in [-0.05, 0) is 37.8 Å². The Morgan fingerprint density at radius 1 is 1.00 bits per heavy atom. The molecule has 1 saturated heterocycles. The second-order valence-corrected chi connectivity index (χ2v) is 7.26. The van der Waals surface area contributed by atoms with Crippen molar-refractivity contribution in [2.24, 2.45) is 5.92 Å². The third-order valence-corrected chi connectivity index (χ3v) is 5.33. The van der Waals surface area contributed by atoms with Crippen LogP contribution >= 0.6 is 0 Å². The Kier molecular flexibility index (Phi) is 6.09. The van der Waals surface area contributed by atoms with Crippen LogP contribution in [-0.2, 0) is 11.3 Å². The molecular formula is C20H30N2O. The third-order valence-electron chi connectivity index (χ3n) is 5.33. The second kappa shape index (κ2) is 8.49. The first-order chi connectivity index (χ1) is 11.3. The van der Waals surface area contributed by atoms with Gasteiger partial charge in [-0.25, -0.2) is 0 Å². The monoisotopic (exact) mass is 314 g/mol. The Balaban J connectivity index is 1.50. The van der Waals surface area contributed by atoms with Crippen molar-refractivity contribution in [3.05, 3.63) is 35.9 Å². The lowest BCUT2D eigenvalue weighted by atomic mass is 9.95. The van der Waals surface area contributed by atoms with Crippen LogP contribution in [0.2, 0.25) is 0 Å². The summed E-state index contributed by atoms with van der Waals surface area (Å²) in [4.78, 5) is 15.1. The molecule has 1 aliphatic heterocycles. The number of hydrogen-bond acceptors (Lipinski definition) is 2. The largest absolute Gasteiger partial charge is 0.353 e. The van der Waals surface area contributed by atoms with Crippen molar-refractivity contribution in [1.82, 2.24) is 10.2 Å². The molecule has 23 heavy (non-hydrogen) atoms. The van der Waals surface area contributed by atoms with Crippen molar-refractivity contribution < 1.29 is 4.79 Å². The van der Waals surface area contributed by atoms with Crippen molar-refractivity contribution >= 4 is 5.91 Å². The number of likely N-dealkylation sites (tertiary alicyclic amines) is 1. The van der Waals surface area contributed by atoms with Crippen LogP contribution in [0.4, 0.5) is 0 Å². The molecule has 1 amide bonds. The van der Waals surface area contributed by atoms with Crippen LogP contribution in [0.1, 0.15) is 56.9 Å². The normalized spacial score (nSPS) is 24.1. The summed E-state index contributed by atoms with van der Waals surface area (Å²) in [5, 5.41) is 3.35. The molecule has 3 rings (SSSR count). The summed E-state index contributed by atoms with van der Waals surface area (Å²) in [6.07, 6.45) is 9.74. The van der Waals surface area contributed by atoms with Crippen molar-refractivity contribution in [1.29, 1.82) is 0 Å². The van der Waals surface area contributed by atoms with E-state index in [2.05, 4.69) is 40.5 Å². The van der Waals surface area contributed by atoms with Crippen molar-refractivity contribution in [2.45, 2.75) is 64.0 Å². The second-order valence-electron chi connectivity index (χ2n) is 7.26. The lowest BCUT2D eigenvalue weighted by molar-refractivity contribution is -0.127. The Morgan fingerprint density at radius 3 is 2.48 bits per heavy atom. The van der Waals surface area contributed by atoms with Gasteiger partial charge >= 0.3 is 0 Å². The van der Waals surface area contributed by atoms with E-state index < -0.39 is 0 Å². The maximum Gasteiger partial charge on any atom is 0.224 e. The van der Waals surface area contributed by atoms with E-state index in [4.69, 9.17) is 0 Å². The van der Waals surface area contributed by atoms with E-state index in [1.165, 1.54) is 44.1 Å². The zero-order valence-electron chi connectivity index (χ0n) is 14.2. The maximum atomic E-state index is 12.6. The van der Waals surface area contributed by atoms with Gasteiger partial charge in [0, 0.05) is 19.1 Å². The van der Waals surface area contributed by atoms with E-state index in [1.54, 1.807) is 0 Å². The number of piperidine rings is 1. The summed E-state index contributed by atoms with van der Waals surface area (Å²) >= 11 is 0. The summed E-state index contributed by atoms with van der Waals surface area (Å²) in [6, 6.07) is 11.0. The topological polar surface area (TPSA) is 32.3 Å². The Morgan fingerprint density at radius 2 is 1.74 bits per heavy atom. The predicted octanol–water partition coefficient (Wildman–Crippen LogP) is 3.74. The number of nitrogens with one attached hydrogen (secondary N) is 1. The molecule has 2 aliphatic rings. The van der Waals surface area contributed by atoms with Gasteiger partial charge in [-0.1, -0.05) is 56.0 Å². The molecule has 0 aromatic heterocycles. The van der Waals surface area contributed by atoms with Gasteiger partial charge in [-0.2, -0.15) is 0 Å². The number of amides is 1. The zero-order chi connectivity index (χ0) is 15.9. The first-order valence-electron chi connectivity index (χ1n) is 9.38. The fourth-order valence-corrected chi connectivity index (χ4v) is 4.00. The summed E-state index contributed by atoms with van der Waals surface area (Å²) in [6.45, 7) is 2.99. The van der Waals surface area contributed by atoms with E-state index in [0.717, 1.165) is 32.5 Å². The molecular weight excluding hydrogens is 284 g/mol. The summed E-state index contributed by atoms with van der Waals surface area (Å²) in [5.74, 6) is 0.477. The Hall–Kier alpha value is -1.35. The standard InChI is InChI=1S/C20H30N2O/c23-20(21-19-12-6-1-2-7-13-19)18-11-8-14-22(16-18)15-17-9-4-3-5-10-17/h3-5,9-10,18-19H,1-2,6-8,11-16H2,(H,21,23). The van der Waals surface area contributed by atoms with Gasteiger partial charge < -0.3 is 5.32 Å². The highest BCUT2D eigenvalue weighted by molar-refractivity contribution is 5.79. The minimum atomic E-state index is 0.177. The number of hydrogen-bond donors (Lipinski definition) is 1. The van der Waals surface area contributed by atoms with Crippen LogP contribution in [0.5, 0.6) is 0 Å². The first kappa shape index (κ1) is 16.5. The fourth-order valence-electron chi connectivity index (χ4n) is 4.00. The van der Waals surface area contributed by atoms with Gasteiger partial charge in [0.1, 0.15) is 0 Å². The average Bonchev–Trinajstić information content (AvgIpc) is 2.85. The van der Waals surface area contributed by atoms with Gasteiger partial charge in [-0.3, -0.25) is 9.69 Å². The Labute approximate surface area is 140 Å². The lowest BCUT2D eigenvalue weighted by Gasteiger charge is -2.33. The molecule has 1 heterocycles. The number of nitrogens with zero attached hydrogens (tertiary/aromatic N) is 1. The van der Waals surface area contributed by atoms with Crippen molar-refractivity contribution in [3.63, 3.8) is 0 Å². The van der Waals surface area contributed by atoms with E-state index in [9.17, 15) is 4.79 Å². The van der Waals surface area contributed by atoms with Crippen molar-refractivity contribution in [3.8, 4) is 0 Å². The molecule has 3 heteroatoms. The molecule has 1 saturated carbocycles. The van der Waals surface area contributed by atoms with Gasteiger partial charge in [0.25, 0.3) is 0 Å². The van der Waals surface area contributed by atoms with E-state index in [0.29, 0.717) is 11.9 Å². The molecule has 1 aromatic rings.